The van der Waals surface area contributed by atoms with E-state index < -0.39 is 0 Å². The number of nitrogens with two attached hydrogens (primary N) is 1. The largest absolute Gasteiger partial charge is 0.344 e. The maximum atomic E-state index is 12.2. The maximum absolute atomic E-state index is 12.2. The van der Waals surface area contributed by atoms with E-state index in [9.17, 15) is 4.79 Å². The summed E-state index contributed by atoms with van der Waals surface area (Å²) < 4.78 is 0. The Kier molecular flexibility index (Phi) is 3.31. The lowest BCUT2D eigenvalue weighted by Crippen LogP contribution is -2.30. The average Bonchev–Trinajstić information content (AvgIpc) is 3.08. The number of nitrogens with zero attached hydrogens (tertiary/aromatic N) is 2. The highest BCUT2D eigenvalue weighted by atomic mass is 32.1. The quantitative estimate of drug-likeness (QED) is 0.783. The highest BCUT2D eigenvalue weighted by Gasteiger charge is 2.24. The summed E-state index contributed by atoms with van der Waals surface area (Å²) >= 11 is 1.34. The summed E-state index contributed by atoms with van der Waals surface area (Å²) in [5.74, 6) is -0.0868. The number of fused-ring (bicyclic) bond motifs is 1. The van der Waals surface area contributed by atoms with E-state index in [1.54, 1.807) is 12.4 Å². The van der Waals surface area contributed by atoms with Gasteiger partial charge in [-0.25, -0.2) is 4.98 Å². The normalized spacial score (nSPS) is 18.1. The molecular formula is C12H15N5OS. The molecule has 0 saturated carbocycles. The monoisotopic (exact) mass is 277 g/mol. The van der Waals surface area contributed by atoms with E-state index in [2.05, 4.69) is 20.5 Å². The Labute approximate surface area is 114 Å². The van der Waals surface area contributed by atoms with Crippen LogP contribution in [-0.2, 0) is 13.0 Å². The molecule has 1 atom stereocenters. The molecule has 1 aliphatic carbocycles. The van der Waals surface area contributed by atoms with Crippen LogP contribution in [0.4, 0.5) is 0 Å². The molecule has 19 heavy (non-hydrogen) atoms. The van der Waals surface area contributed by atoms with Crippen molar-refractivity contribution in [2.75, 3.05) is 0 Å². The first kappa shape index (κ1) is 12.3. The first-order valence-electron chi connectivity index (χ1n) is 6.25. The number of amides is 1. The van der Waals surface area contributed by atoms with Crippen LogP contribution >= 0.6 is 11.3 Å². The van der Waals surface area contributed by atoms with E-state index in [0.717, 1.165) is 35.5 Å². The minimum atomic E-state index is -0.0868. The molecule has 7 heteroatoms. The molecular weight excluding hydrogens is 262 g/mol. The maximum Gasteiger partial charge on any atom is 0.263 e. The van der Waals surface area contributed by atoms with E-state index >= 15 is 0 Å². The predicted molar refractivity (Wildman–Crippen MR) is 71.7 cm³/mol. The van der Waals surface area contributed by atoms with Gasteiger partial charge in [0.2, 0.25) is 0 Å². The number of carbonyl (C=O) groups excluding carboxylic acids is 1. The fourth-order valence-electron chi connectivity index (χ4n) is 2.35. The third-order valence-electron chi connectivity index (χ3n) is 3.30. The topological polar surface area (TPSA) is 96.7 Å². The average molecular weight is 277 g/mol. The molecule has 0 bridgehead atoms. The standard InChI is InChI=1S/C12H15N5OS/c13-4-11-14-6-10(19-11)12(18)16-8-2-1-3-9-7(8)5-15-17-9/h5-6,8H,1-4,13H2,(H,15,17)(H,16,18). The summed E-state index contributed by atoms with van der Waals surface area (Å²) in [7, 11) is 0. The molecule has 0 radical (unpaired) electrons. The van der Waals surface area contributed by atoms with Crippen LogP contribution in [0, 0.1) is 0 Å². The van der Waals surface area contributed by atoms with Crippen molar-refractivity contribution in [1.82, 2.24) is 20.5 Å². The minimum absolute atomic E-state index is 0.0402. The molecule has 1 unspecified atom stereocenters. The number of hydrogen-bond acceptors (Lipinski definition) is 5. The van der Waals surface area contributed by atoms with Gasteiger partial charge in [0.05, 0.1) is 18.4 Å². The second-order valence-corrected chi connectivity index (χ2v) is 5.66. The third-order valence-corrected chi connectivity index (χ3v) is 4.32. The molecule has 0 aromatic carbocycles. The van der Waals surface area contributed by atoms with Crippen LogP contribution in [0.3, 0.4) is 0 Å². The van der Waals surface area contributed by atoms with Gasteiger partial charge in [-0.2, -0.15) is 5.10 Å². The van der Waals surface area contributed by atoms with Crippen LogP contribution in [0.15, 0.2) is 12.4 Å². The molecule has 1 amide bonds. The molecule has 4 N–H and O–H groups in total. The van der Waals surface area contributed by atoms with Crippen LogP contribution in [0.25, 0.3) is 0 Å². The molecule has 2 heterocycles. The molecule has 6 nitrogen and oxygen atoms in total. The number of thiazole rings is 1. The van der Waals surface area contributed by atoms with Gasteiger partial charge >= 0.3 is 0 Å². The van der Waals surface area contributed by atoms with Gasteiger partial charge in [0.1, 0.15) is 9.88 Å². The molecule has 0 fully saturated rings. The molecule has 2 aromatic heterocycles. The highest BCUT2D eigenvalue weighted by Crippen LogP contribution is 2.28. The van der Waals surface area contributed by atoms with Crippen LogP contribution in [0.1, 0.15) is 44.8 Å². The number of aryl methyl sites for hydroxylation is 1. The molecule has 0 saturated heterocycles. The van der Waals surface area contributed by atoms with Gasteiger partial charge in [0.25, 0.3) is 5.91 Å². The Balaban J connectivity index is 1.74. The van der Waals surface area contributed by atoms with Crippen molar-refractivity contribution in [2.45, 2.75) is 31.8 Å². The van der Waals surface area contributed by atoms with Gasteiger partial charge in [-0.15, -0.1) is 11.3 Å². The first-order chi connectivity index (χ1) is 9.28. The first-order valence-corrected chi connectivity index (χ1v) is 7.07. The highest BCUT2D eigenvalue weighted by molar-refractivity contribution is 7.13. The van der Waals surface area contributed by atoms with Crippen molar-refractivity contribution >= 4 is 17.2 Å². The Morgan fingerprint density at radius 1 is 1.58 bits per heavy atom. The van der Waals surface area contributed by atoms with Gasteiger partial charge in [-0.1, -0.05) is 0 Å². The number of aromatic nitrogens is 3. The molecule has 0 aliphatic heterocycles. The smallest absolute Gasteiger partial charge is 0.263 e. The van der Waals surface area contributed by atoms with Crippen molar-refractivity contribution in [2.24, 2.45) is 5.73 Å². The molecule has 1 aliphatic rings. The van der Waals surface area contributed by atoms with Gasteiger partial charge in [-0.05, 0) is 19.3 Å². The summed E-state index contributed by atoms with van der Waals surface area (Å²) in [5, 5.41) is 10.9. The van der Waals surface area contributed by atoms with Crippen molar-refractivity contribution in [3.05, 3.63) is 33.5 Å². The number of rotatable bonds is 3. The summed E-state index contributed by atoms with van der Waals surface area (Å²) in [6, 6.07) is 0.0402. The van der Waals surface area contributed by atoms with Gasteiger partial charge in [0, 0.05) is 17.8 Å². The fourth-order valence-corrected chi connectivity index (χ4v) is 3.05. The van der Waals surface area contributed by atoms with Gasteiger partial charge in [0.15, 0.2) is 0 Å². The Hall–Kier alpha value is -1.73. The van der Waals surface area contributed by atoms with E-state index in [4.69, 9.17) is 5.73 Å². The molecule has 0 spiro atoms. The second kappa shape index (κ2) is 5.10. The Morgan fingerprint density at radius 2 is 2.47 bits per heavy atom. The minimum Gasteiger partial charge on any atom is -0.344 e. The lowest BCUT2D eigenvalue weighted by Gasteiger charge is -2.22. The third kappa shape index (κ3) is 2.39. The lowest BCUT2D eigenvalue weighted by molar-refractivity contribution is 0.0936. The van der Waals surface area contributed by atoms with Crippen LogP contribution in [0.2, 0.25) is 0 Å². The summed E-state index contributed by atoms with van der Waals surface area (Å²) in [6.45, 7) is 0.368. The van der Waals surface area contributed by atoms with Gasteiger partial charge in [-0.3, -0.25) is 9.89 Å². The van der Waals surface area contributed by atoms with Crippen LogP contribution in [-0.4, -0.2) is 21.1 Å². The van der Waals surface area contributed by atoms with Crippen molar-refractivity contribution in [3.63, 3.8) is 0 Å². The summed E-state index contributed by atoms with van der Waals surface area (Å²) in [4.78, 5) is 16.9. The number of hydrogen-bond donors (Lipinski definition) is 3. The summed E-state index contributed by atoms with van der Waals surface area (Å²) in [6.07, 6.45) is 6.38. The lowest BCUT2D eigenvalue weighted by atomic mass is 9.93. The zero-order valence-corrected chi connectivity index (χ0v) is 11.2. The Morgan fingerprint density at radius 3 is 3.26 bits per heavy atom. The number of carbonyl (C=O) groups is 1. The van der Waals surface area contributed by atoms with Crippen molar-refractivity contribution < 1.29 is 4.79 Å². The molecule has 3 rings (SSSR count). The van der Waals surface area contributed by atoms with E-state index in [-0.39, 0.29) is 11.9 Å². The number of aromatic amines is 1. The molecule has 100 valence electrons. The second-order valence-electron chi connectivity index (χ2n) is 4.54. The van der Waals surface area contributed by atoms with Gasteiger partial charge < -0.3 is 11.1 Å². The molecule has 2 aromatic rings. The number of nitrogens with one attached hydrogen (secondary N) is 2. The fraction of sp³-hybridized carbons (Fsp3) is 0.417. The Bertz CT molecular complexity index is 590. The summed E-state index contributed by atoms with van der Waals surface area (Å²) in [5.41, 5.74) is 7.73. The van der Waals surface area contributed by atoms with Crippen molar-refractivity contribution in [1.29, 1.82) is 0 Å². The zero-order chi connectivity index (χ0) is 13.2. The van der Waals surface area contributed by atoms with E-state index in [0.29, 0.717) is 11.4 Å². The van der Waals surface area contributed by atoms with E-state index in [1.165, 1.54) is 11.3 Å². The van der Waals surface area contributed by atoms with Crippen LogP contribution in [0.5, 0.6) is 0 Å². The number of H-pyrrole nitrogens is 1. The SMILES string of the molecule is NCc1ncc(C(=O)NC2CCCc3[nH]ncc32)s1. The zero-order valence-electron chi connectivity index (χ0n) is 10.3. The van der Waals surface area contributed by atoms with E-state index in [1.807, 2.05) is 0 Å². The van der Waals surface area contributed by atoms with Crippen LogP contribution < -0.4 is 11.1 Å². The van der Waals surface area contributed by atoms with Crippen molar-refractivity contribution in [3.8, 4) is 0 Å². The predicted octanol–water partition coefficient (Wildman–Crippen LogP) is 1.13.